The maximum Gasteiger partial charge on any atom is 0.337 e. The molecule has 8 nitrogen and oxygen atoms in total. The topological polar surface area (TPSA) is 94.2 Å². The predicted octanol–water partition coefficient (Wildman–Crippen LogP) is 3.01. The largest absolute Gasteiger partial charge is 0.493 e. The molecule has 1 atom stereocenters. The van der Waals surface area contributed by atoms with E-state index in [0.717, 1.165) is 0 Å². The molecule has 3 rings (SSSR count). The molecule has 0 unspecified atom stereocenters. The fourth-order valence-electron chi connectivity index (χ4n) is 3.28. The van der Waals surface area contributed by atoms with Crippen molar-refractivity contribution in [2.45, 2.75) is 32.4 Å². The van der Waals surface area contributed by atoms with Gasteiger partial charge in [-0.3, -0.25) is 14.5 Å². The standard InChI is InChI=1S/C22H24N2O6/c1-13(30-17-11-10-14(20(26)29-5)12-18(17)28-4)19(25)24-16-9-7-6-8-15(16)23-21(27)22(24,2)3/h6-13H,1-5H3,(H,23,27)/t13-/m1/s1. The van der Waals surface area contributed by atoms with Crippen LogP contribution in [0.5, 0.6) is 11.5 Å². The lowest BCUT2D eigenvalue weighted by Gasteiger charge is -2.42. The average molecular weight is 412 g/mol. The second kappa shape index (κ2) is 8.06. The molecule has 0 fully saturated rings. The van der Waals surface area contributed by atoms with Gasteiger partial charge in [0.1, 0.15) is 5.54 Å². The Morgan fingerprint density at radius 2 is 1.77 bits per heavy atom. The first-order valence-electron chi connectivity index (χ1n) is 9.38. The van der Waals surface area contributed by atoms with Crippen LogP contribution in [-0.2, 0) is 14.3 Å². The van der Waals surface area contributed by atoms with E-state index in [-0.39, 0.29) is 17.6 Å². The third kappa shape index (κ3) is 3.68. The summed E-state index contributed by atoms with van der Waals surface area (Å²) >= 11 is 0. The van der Waals surface area contributed by atoms with Gasteiger partial charge in [0.2, 0.25) is 5.91 Å². The summed E-state index contributed by atoms with van der Waals surface area (Å²) in [7, 11) is 2.72. The number of carbonyl (C=O) groups excluding carboxylic acids is 3. The fraction of sp³-hybridized carbons (Fsp3) is 0.318. The van der Waals surface area contributed by atoms with Crippen LogP contribution in [0.4, 0.5) is 11.4 Å². The molecular weight excluding hydrogens is 388 g/mol. The van der Waals surface area contributed by atoms with E-state index in [9.17, 15) is 14.4 Å². The minimum Gasteiger partial charge on any atom is -0.493 e. The minimum absolute atomic E-state index is 0.286. The Bertz CT molecular complexity index is 1000. The summed E-state index contributed by atoms with van der Waals surface area (Å²) in [5.41, 5.74) is 0.336. The summed E-state index contributed by atoms with van der Waals surface area (Å²) < 4.78 is 15.9. The Labute approximate surface area is 174 Å². The second-order valence-corrected chi connectivity index (χ2v) is 7.32. The summed E-state index contributed by atoms with van der Waals surface area (Å²) in [5.74, 6) is -0.614. The molecule has 158 valence electrons. The average Bonchev–Trinajstić information content (AvgIpc) is 2.73. The molecule has 1 aliphatic heterocycles. The molecule has 0 aromatic heterocycles. The van der Waals surface area contributed by atoms with Crippen molar-refractivity contribution in [3.05, 3.63) is 48.0 Å². The van der Waals surface area contributed by atoms with Crippen LogP contribution in [0.3, 0.4) is 0 Å². The van der Waals surface area contributed by atoms with Crippen LogP contribution in [0, 0.1) is 0 Å². The van der Waals surface area contributed by atoms with Gasteiger partial charge in [-0.2, -0.15) is 0 Å². The van der Waals surface area contributed by atoms with Crippen molar-refractivity contribution in [3.8, 4) is 11.5 Å². The van der Waals surface area contributed by atoms with Crippen LogP contribution in [0.1, 0.15) is 31.1 Å². The van der Waals surface area contributed by atoms with Gasteiger partial charge in [0.25, 0.3) is 5.91 Å². The Hall–Kier alpha value is -3.55. The molecular formula is C22H24N2O6. The van der Waals surface area contributed by atoms with E-state index in [4.69, 9.17) is 14.2 Å². The van der Waals surface area contributed by atoms with E-state index >= 15 is 0 Å². The molecule has 0 saturated carbocycles. The van der Waals surface area contributed by atoms with Crippen LogP contribution in [-0.4, -0.2) is 43.6 Å². The molecule has 2 aromatic rings. The highest BCUT2D eigenvalue weighted by Crippen LogP contribution is 2.38. The smallest absolute Gasteiger partial charge is 0.337 e. The number of methoxy groups -OCH3 is 2. The van der Waals surface area contributed by atoms with Gasteiger partial charge >= 0.3 is 5.97 Å². The van der Waals surface area contributed by atoms with Crippen LogP contribution in [0.2, 0.25) is 0 Å². The fourth-order valence-corrected chi connectivity index (χ4v) is 3.28. The lowest BCUT2D eigenvalue weighted by Crippen LogP contribution is -2.60. The number of rotatable bonds is 5. The van der Waals surface area contributed by atoms with Crippen molar-refractivity contribution in [1.82, 2.24) is 0 Å². The Kier molecular flexibility index (Phi) is 5.69. The third-order valence-corrected chi connectivity index (χ3v) is 4.96. The highest BCUT2D eigenvalue weighted by atomic mass is 16.5. The normalized spacial score (nSPS) is 15.5. The molecule has 1 heterocycles. The first-order valence-corrected chi connectivity index (χ1v) is 9.38. The monoisotopic (exact) mass is 412 g/mol. The molecule has 1 N–H and O–H groups in total. The van der Waals surface area contributed by atoms with Crippen molar-refractivity contribution in [2.75, 3.05) is 24.4 Å². The Balaban J connectivity index is 1.91. The molecule has 2 aromatic carbocycles. The van der Waals surface area contributed by atoms with Gasteiger partial charge in [0, 0.05) is 0 Å². The van der Waals surface area contributed by atoms with Crippen molar-refractivity contribution >= 4 is 29.2 Å². The number of amides is 2. The lowest BCUT2D eigenvalue weighted by atomic mass is 9.95. The molecule has 2 amide bonds. The zero-order valence-electron chi connectivity index (χ0n) is 17.5. The Morgan fingerprint density at radius 3 is 2.43 bits per heavy atom. The van der Waals surface area contributed by atoms with Gasteiger partial charge in [0.15, 0.2) is 17.6 Å². The van der Waals surface area contributed by atoms with E-state index in [1.165, 1.54) is 37.3 Å². The summed E-state index contributed by atoms with van der Waals surface area (Å²) in [6, 6.07) is 11.6. The summed E-state index contributed by atoms with van der Waals surface area (Å²) in [5, 5.41) is 2.83. The Morgan fingerprint density at radius 1 is 1.07 bits per heavy atom. The van der Waals surface area contributed by atoms with Gasteiger partial charge in [-0.15, -0.1) is 0 Å². The number of benzene rings is 2. The van der Waals surface area contributed by atoms with E-state index in [1.54, 1.807) is 45.0 Å². The van der Waals surface area contributed by atoms with E-state index < -0.39 is 17.6 Å². The van der Waals surface area contributed by atoms with Crippen LogP contribution in [0.15, 0.2) is 42.5 Å². The van der Waals surface area contributed by atoms with Crippen LogP contribution in [0.25, 0.3) is 0 Å². The number of carbonyl (C=O) groups is 3. The van der Waals surface area contributed by atoms with E-state index in [2.05, 4.69) is 5.32 Å². The number of ether oxygens (including phenoxy) is 3. The second-order valence-electron chi connectivity index (χ2n) is 7.32. The van der Waals surface area contributed by atoms with Crippen LogP contribution >= 0.6 is 0 Å². The van der Waals surface area contributed by atoms with Gasteiger partial charge in [-0.25, -0.2) is 4.79 Å². The zero-order chi connectivity index (χ0) is 22.1. The molecule has 1 aliphatic rings. The maximum atomic E-state index is 13.4. The zero-order valence-corrected chi connectivity index (χ0v) is 17.5. The predicted molar refractivity (Wildman–Crippen MR) is 111 cm³/mol. The van der Waals surface area contributed by atoms with Crippen molar-refractivity contribution in [1.29, 1.82) is 0 Å². The van der Waals surface area contributed by atoms with Crippen molar-refractivity contribution in [3.63, 3.8) is 0 Å². The van der Waals surface area contributed by atoms with E-state index in [0.29, 0.717) is 22.7 Å². The maximum absolute atomic E-state index is 13.4. The number of esters is 1. The highest BCUT2D eigenvalue weighted by Gasteiger charge is 2.45. The minimum atomic E-state index is -1.11. The first kappa shape index (κ1) is 21.2. The van der Waals surface area contributed by atoms with Gasteiger partial charge in [0.05, 0.1) is 31.2 Å². The number of hydrogen-bond acceptors (Lipinski definition) is 6. The summed E-state index contributed by atoms with van der Waals surface area (Å²) in [6.07, 6.45) is -0.930. The number of hydrogen-bond donors (Lipinski definition) is 1. The first-order chi connectivity index (χ1) is 14.2. The van der Waals surface area contributed by atoms with Gasteiger partial charge in [-0.1, -0.05) is 12.1 Å². The molecule has 0 radical (unpaired) electrons. The van der Waals surface area contributed by atoms with E-state index in [1.807, 2.05) is 0 Å². The number of anilines is 2. The molecule has 0 aliphatic carbocycles. The number of nitrogens with zero attached hydrogens (tertiary/aromatic N) is 1. The number of nitrogens with one attached hydrogen (secondary N) is 1. The summed E-state index contributed by atoms with van der Waals surface area (Å²) in [6.45, 7) is 4.95. The molecule has 0 bridgehead atoms. The lowest BCUT2D eigenvalue weighted by molar-refractivity contribution is -0.130. The highest BCUT2D eigenvalue weighted by molar-refractivity contribution is 6.15. The quantitative estimate of drug-likeness (QED) is 0.759. The van der Waals surface area contributed by atoms with Gasteiger partial charge < -0.3 is 19.5 Å². The molecule has 0 saturated heterocycles. The summed E-state index contributed by atoms with van der Waals surface area (Å²) in [4.78, 5) is 39.1. The van der Waals surface area contributed by atoms with Gasteiger partial charge in [-0.05, 0) is 51.1 Å². The van der Waals surface area contributed by atoms with Crippen molar-refractivity contribution < 1.29 is 28.6 Å². The SMILES string of the molecule is COC(=O)c1ccc(O[C@H](C)C(=O)N2c3ccccc3NC(=O)C2(C)C)c(OC)c1. The van der Waals surface area contributed by atoms with Crippen molar-refractivity contribution in [2.24, 2.45) is 0 Å². The molecule has 0 spiro atoms. The molecule has 8 heteroatoms. The number of fused-ring (bicyclic) bond motifs is 1. The third-order valence-electron chi connectivity index (χ3n) is 4.96. The number of para-hydroxylation sites is 2. The van der Waals surface area contributed by atoms with Crippen LogP contribution < -0.4 is 19.7 Å². The molecule has 30 heavy (non-hydrogen) atoms.